The molecule has 3 N–H and O–H groups in total. The standard InChI is InChI=1S/C17H15N3O6S2.Na/c1-10-7-12(18)5-6-14(10)19-20-15-4-2-3-11-8-13(27(21,22)23)9-16(17(11)15)28(24,25)26;/h2-9H,18H2,1H3,(H,21,22,23)(H,24,25,26);/q;+1/p-1. The third-order valence-corrected chi connectivity index (χ3v) is 5.64. The van der Waals surface area contributed by atoms with E-state index in [-0.39, 0.29) is 46.0 Å². The van der Waals surface area contributed by atoms with Gasteiger partial charge in [-0.3, -0.25) is 4.55 Å². The fraction of sp³-hybridized carbons (Fsp3) is 0.0588. The topological polar surface area (TPSA) is 162 Å². The Morgan fingerprint density at radius 1 is 0.966 bits per heavy atom. The second kappa shape index (κ2) is 8.48. The number of hydrogen-bond donors (Lipinski definition) is 2. The molecule has 0 heterocycles. The normalized spacial score (nSPS) is 12.2. The van der Waals surface area contributed by atoms with Crippen molar-refractivity contribution in [3.05, 3.63) is 54.1 Å². The van der Waals surface area contributed by atoms with E-state index in [0.29, 0.717) is 17.4 Å². The molecule has 0 aromatic heterocycles. The van der Waals surface area contributed by atoms with Gasteiger partial charge in [-0.25, -0.2) is 8.42 Å². The van der Waals surface area contributed by atoms with Crippen molar-refractivity contribution in [2.45, 2.75) is 16.7 Å². The molecule has 0 amide bonds. The van der Waals surface area contributed by atoms with E-state index in [0.717, 1.165) is 11.6 Å². The van der Waals surface area contributed by atoms with Crippen LogP contribution in [0.1, 0.15) is 5.56 Å². The summed E-state index contributed by atoms with van der Waals surface area (Å²) in [4.78, 5) is -1.53. The zero-order valence-corrected chi connectivity index (χ0v) is 19.0. The molecule has 0 bridgehead atoms. The first-order valence-corrected chi connectivity index (χ1v) is 10.6. The predicted molar refractivity (Wildman–Crippen MR) is 101 cm³/mol. The molecular formula is C17H14N3NaO6S2. The number of nitrogen functional groups attached to an aromatic ring is 1. The van der Waals surface area contributed by atoms with E-state index in [1.807, 2.05) is 0 Å². The van der Waals surface area contributed by atoms with Crippen LogP contribution in [0.25, 0.3) is 10.8 Å². The maximum absolute atomic E-state index is 11.7. The predicted octanol–water partition coefficient (Wildman–Crippen LogP) is 0.301. The van der Waals surface area contributed by atoms with Gasteiger partial charge in [-0.2, -0.15) is 13.5 Å². The van der Waals surface area contributed by atoms with Crippen LogP contribution in [0, 0.1) is 6.92 Å². The van der Waals surface area contributed by atoms with E-state index >= 15 is 0 Å². The van der Waals surface area contributed by atoms with Crippen molar-refractivity contribution in [3.63, 3.8) is 0 Å². The van der Waals surface area contributed by atoms with Crippen LogP contribution in [0.15, 0.2) is 68.6 Å². The number of hydrogen-bond acceptors (Lipinski definition) is 8. The van der Waals surface area contributed by atoms with E-state index in [4.69, 9.17) is 5.73 Å². The molecule has 0 atom stereocenters. The Morgan fingerprint density at radius 2 is 1.62 bits per heavy atom. The van der Waals surface area contributed by atoms with Crippen molar-refractivity contribution in [3.8, 4) is 0 Å². The molecule has 0 aliphatic heterocycles. The third-order valence-electron chi connectivity index (χ3n) is 3.95. The molecule has 0 saturated carbocycles. The van der Waals surface area contributed by atoms with Gasteiger partial charge in [0.15, 0.2) is 0 Å². The quantitative estimate of drug-likeness (QED) is 0.253. The van der Waals surface area contributed by atoms with Gasteiger partial charge in [0.25, 0.3) is 10.1 Å². The molecule has 0 unspecified atom stereocenters. The molecular weight excluding hydrogens is 429 g/mol. The maximum atomic E-state index is 11.7. The Morgan fingerprint density at radius 3 is 2.21 bits per heavy atom. The average Bonchev–Trinajstić information content (AvgIpc) is 2.58. The second-order valence-electron chi connectivity index (χ2n) is 5.97. The number of nitrogens with zero attached hydrogens (tertiary/aromatic N) is 2. The Kier molecular flexibility index (Phi) is 6.85. The van der Waals surface area contributed by atoms with Gasteiger partial charge in [0, 0.05) is 11.1 Å². The number of anilines is 1. The van der Waals surface area contributed by atoms with Crippen LogP contribution in [0.2, 0.25) is 0 Å². The number of nitrogens with two attached hydrogens (primary N) is 1. The fourth-order valence-electron chi connectivity index (χ4n) is 2.67. The van der Waals surface area contributed by atoms with E-state index in [9.17, 15) is 25.9 Å². The number of aryl methyl sites for hydroxylation is 1. The summed E-state index contributed by atoms with van der Waals surface area (Å²) >= 11 is 0. The minimum absolute atomic E-state index is 0. The van der Waals surface area contributed by atoms with Gasteiger partial charge in [-0.1, -0.05) is 12.1 Å². The van der Waals surface area contributed by atoms with E-state index in [2.05, 4.69) is 10.2 Å². The maximum Gasteiger partial charge on any atom is 1.00 e. The van der Waals surface area contributed by atoms with Crippen LogP contribution in [-0.2, 0) is 20.2 Å². The molecule has 3 rings (SSSR count). The molecule has 0 radical (unpaired) electrons. The minimum Gasteiger partial charge on any atom is -0.744 e. The summed E-state index contributed by atoms with van der Waals surface area (Å²) in [5, 5.41) is 8.09. The molecule has 0 fully saturated rings. The van der Waals surface area contributed by atoms with Gasteiger partial charge >= 0.3 is 29.6 Å². The van der Waals surface area contributed by atoms with Crippen molar-refractivity contribution in [2.75, 3.05) is 5.73 Å². The van der Waals surface area contributed by atoms with Crippen molar-refractivity contribution in [1.82, 2.24) is 0 Å². The minimum atomic E-state index is -5.08. The monoisotopic (exact) mass is 443 g/mol. The molecule has 29 heavy (non-hydrogen) atoms. The van der Waals surface area contributed by atoms with Crippen molar-refractivity contribution in [1.29, 1.82) is 0 Å². The van der Waals surface area contributed by atoms with E-state index < -0.39 is 30.0 Å². The summed E-state index contributed by atoms with van der Waals surface area (Å²) in [5.41, 5.74) is 7.48. The molecule has 146 valence electrons. The van der Waals surface area contributed by atoms with Crippen molar-refractivity contribution < 1.29 is 55.5 Å². The number of azo groups is 1. The molecule has 0 aliphatic carbocycles. The number of fused-ring (bicyclic) bond motifs is 1. The van der Waals surface area contributed by atoms with Crippen LogP contribution >= 0.6 is 0 Å². The largest absolute Gasteiger partial charge is 1.00 e. The van der Waals surface area contributed by atoms with Crippen molar-refractivity contribution in [2.24, 2.45) is 10.2 Å². The summed E-state index contributed by atoms with van der Waals surface area (Å²) in [6.45, 7) is 1.76. The first kappa shape index (κ1) is 23.4. The van der Waals surface area contributed by atoms with Gasteiger partial charge < -0.3 is 10.3 Å². The summed E-state index contributed by atoms with van der Waals surface area (Å²) in [6, 6.07) is 10.9. The van der Waals surface area contributed by atoms with Gasteiger partial charge in [-0.15, -0.1) is 5.11 Å². The Bertz CT molecular complexity index is 1340. The van der Waals surface area contributed by atoms with E-state index in [1.54, 1.807) is 25.1 Å². The third kappa shape index (κ3) is 5.20. The van der Waals surface area contributed by atoms with Gasteiger partial charge in [0.1, 0.15) is 10.1 Å². The summed E-state index contributed by atoms with van der Waals surface area (Å²) < 4.78 is 67.3. The average molecular weight is 443 g/mol. The Balaban J connectivity index is 0.00000300. The Labute approximate surface area is 189 Å². The second-order valence-corrected chi connectivity index (χ2v) is 8.74. The summed E-state index contributed by atoms with van der Waals surface area (Å²) in [6.07, 6.45) is 0. The Hall–Kier alpha value is -1.86. The zero-order chi connectivity index (χ0) is 20.7. The fourth-order valence-corrected chi connectivity index (χ4v) is 4.03. The number of benzene rings is 3. The van der Waals surface area contributed by atoms with Crippen LogP contribution in [0.3, 0.4) is 0 Å². The zero-order valence-electron chi connectivity index (χ0n) is 15.4. The van der Waals surface area contributed by atoms with Crippen LogP contribution in [-0.4, -0.2) is 25.9 Å². The molecule has 9 nitrogen and oxygen atoms in total. The first-order chi connectivity index (χ1) is 13.0. The van der Waals surface area contributed by atoms with Gasteiger partial charge in [-0.05, 0) is 54.3 Å². The number of rotatable bonds is 4. The smallest absolute Gasteiger partial charge is 0.744 e. The molecule has 0 saturated heterocycles. The summed E-state index contributed by atoms with van der Waals surface area (Å²) in [7, 11) is -9.80. The SMILES string of the molecule is Cc1cc(N)ccc1N=Nc1cccc2cc(S(=O)(=O)O)cc(S(=O)(=O)[O-])c12.[Na+]. The van der Waals surface area contributed by atoms with Gasteiger partial charge in [0.2, 0.25) is 0 Å². The van der Waals surface area contributed by atoms with Crippen LogP contribution in [0.4, 0.5) is 17.1 Å². The molecule has 3 aromatic rings. The summed E-state index contributed by atoms with van der Waals surface area (Å²) in [5.74, 6) is 0. The van der Waals surface area contributed by atoms with E-state index in [1.165, 1.54) is 18.2 Å². The van der Waals surface area contributed by atoms with Crippen molar-refractivity contribution >= 4 is 48.1 Å². The molecule has 12 heteroatoms. The molecule has 3 aromatic carbocycles. The van der Waals surface area contributed by atoms with Crippen LogP contribution < -0.4 is 35.3 Å². The molecule has 0 aliphatic rings. The first-order valence-electron chi connectivity index (χ1n) is 7.75. The van der Waals surface area contributed by atoms with Gasteiger partial charge in [0.05, 0.1) is 21.2 Å². The van der Waals surface area contributed by atoms with Crippen LogP contribution in [0.5, 0.6) is 0 Å². The molecule has 0 spiro atoms.